The lowest BCUT2D eigenvalue weighted by atomic mass is 9.70. The number of para-hydroxylation sites is 1. The highest BCUT2D eigenvalue weighted by Crippen LogP contribution is 2.45. The minimum Gasteiger partial charge on any atom is -0.374 e. The van der Waals surface area contributed by atoms with Crippen molar-refractivity contribution < 1.29 is 4.74 Å². The SMILES string of the molecule is CCOC(CC1(C)Cc2cnn(-c3ccccc3)c2C=C1C)c1ccccc1. The van der Waals surface area contributed by atoms with Crippen molar-refractivity contribution in [2.45, 2.75) is 39.7 Å². The summed E-state index contributed by atoms with van der Waals surface area (Å²) >= 11 is 0. The number of hydrogen-bond donors (Lipinski definition) is 0. The molecule has 2 atom stereocenters. The van der Waals surface area contributed by atoms with Gasteiger partial charge in [-0.25, -0.2) is 4.68 Å². The van der Waals surface area contributed by atoms with Crippen LogP contribution >= 0.6 is 0 Å². The molecule has 0 fully saturated rings. The molecule has 2 aromatic carbocycles. The molecule has 3 heteroatoms. The summed E-state index contributed by atoms with van der Waals surface area (Å²) in [6.07, 6.45) is 6.39. The second-order valence-electron chi connectivity index (χ2n) is 7.93. The molecule has 0 radical (unpaired) electrons. The summed E-state index contributed by atoms with van der Waals surface area (Å²) in [7, 11) is 0. The first-order valence-corrected chi connectivity index (χ1v) is 10.1. The maximum Gasteiger partial charge on any atom is 0.0833 e. The molecule has 1 aromatic heterocycles. The maximum absolute atomic E-state index is 6.16. The Balaban J connectivity index is 1.64. The normalized spacial score (nSPS) is 19.8. The molecule has 144 valence electrons. The predicted octanol–water partition coefficient (Wildman–Crippen LogP) is 6.01. The van der Waals surface area contributed by atoms with Gasteiger partial charge in [0.2, 0.25) is 0 Å². The van der Waals surface area contributed by atoms with Gasteiger partial charge < -0.3 is 4.74 Å². The molecule has 3 aromatic rings. The van der Waals surface area contributed by atoms with Crippen molar-refractivity contribution in [2.24, 2.45) is 5.41 Å². The zero-order chi connectivity index (χ0) is 19.6. The molecule has 1 aliphatic carbocycles. The highest BCUT2D eigenvalue weighted by Gasteiger charge is 2.35. The van der Waals surface area contributed by atoms with Crippen LogP contribution in [0.5, 0.6) is 0 Å². The minimum atomic E-state index is 0.0488. The van der Waals surface area contributed by atoms with Crippen molar-refractivity contribution in [1.82, 2.24) is 9.78 Å². The topological polar surface area (TPSA) is 27.1 Å². The Morgan fingerprint density at radius 3 is 2.43 bits per heavy atom. The Hall–Kier alpha value is -2.65. The summed E-state index contributed by atoms with van der Waals surface area (Å²) in [5, 5.41) is 4.68. The number of benzene rings is 2. The molecule has 4 rings (SSSR count). The number of ether oxygens (including phenoxy) is 1. The zero-order valence-electron chi connectivity index (χ0n) is 16.9. The van der Waals surface area contributed by atoms with Gasteiger partial charge in [0.05, 0.1) is 23.7 Å². The van der Waals surface area contributed by atoms with Crippen molar-refractivity contribution >= 4 is 6.08 Å². The lowest BCUT2D eigenvalue weighted by Gasteiger charge is -2.37. The summed E-state index contributed by atoms with van der Waals surface area (Å²) in [4.78, 5) is 0. The molecule has 1 aliphatic rings. The summed E-state index contributed by atoms with van der Waals surface area (Å²) in [5.74, 6) is 0. The van der Waals surface area contributed by atoms with Crippen molar-refractivity contribution in [3.05, 3.63) is 89.3 Å². The van der Waals surface area contributed by atoms with E-state index >= 15 is 0 Å². The highest BCUT2D eigenvalue weighted by atomic mass is 16.5. The van der Waals surface area contributed by atoms with E-state index in [0.717, 1.165) is 25.1 Å². The maximum atomic E-state index is 6.16. The van der Waals surface area contributed by atoms with Crippen LogP contribution in [0.25, 0.3) is 11.8 Å². The van der Waals surface area contributed by atoms with Gasteiger partial charge in [-0.3, -0.25) is 0 Å². The number of fused-ring (bicyclic) bond motifs is 1. The Morgan fingerprint density at radius 2 is 1.75 bits per heavy atom. The van der Waals surface area contributed by atoms with Crippen LogP contribution < -0.4 is 0 Å². The quantitative estimate of drug-likeness (QED) is 0.530. The van der Waals surface area contributed by atoms with Gasteiger partial charge in [-0.2, -0.15) is 5.10 Å². The standard InChI is InChI=1S/C25H28N2O/c1-4-28-24(20-11-7-5-8-12-20)17-25(3)16-21-18-26-27(23(21)15-19(25)2)22-13-9-6-10-14-22/h5-15,18,24H,4,16-17H2,1-3H3. The molecular formula is C25H28N2O. The first kappa shape index (κ1) is 18.7. The van der Waals surface area contributed by atoms with Gasteiger partial charge in [-0.05, 0) is 61.4 Å². The third-order valence-electron chi connectivity index (χ3n) is 5.95. The third kappa shape index (κ3) is 3.55. The van der Waals surface area contributed by atoms with E-state index in [-0.39, 0.29) is 11.5 Å². The Labute approximate surface area is 167 Å². The van der Waals surface area contributed by atoms with E-state index < -0.39 is 0 Å². The second kappa shape index (κ2) is 7.76. The highest BCUT2D eigenvalue weighted by molar-refractivity contribution is 5.60. The molecule has 3 nitrogen and oxygen atoms in total. The van der Waals surface area contributed by atoms with Crippen LogP contribution in [-0.4, -0.2) is 16.4 Å². The molecule has 0 bridgehead atoms. The summed E-state index contributed by atoms with van der Waals surface area (Å²) in [5.41, 5.74) is 6.30. The molecule has 0 amide bonds. The van der Waals surface area contributed by atoms with Crippen LogP contribution in [0.15, 0.2) is 72.4 Å². The summed E-state index contributed by atoms with van der Waals surface area (Å²) < 4.78 is 8.21. The number of allylic oxidation sites excluding steroid dienone is 1. The van der Waals surface area contributed by atoms with Crippen molar-refractivity contribution in [1.29, 1.82) is 0 Å². The van der Waals surface area contributed by atoms with Gasteiger partial charge >= 0.3 is 0 Å². The third-order valence-corrected chi connectivity index (χ3v) is 5.95. The number of hydrogen-bond acceptors (Lipinski definition) is 2. The van der Waals surface area contributed by atoms with Gasteiger partial charge in [0.1, 0.15) is 0 Å². The number of rotatable bonds is 6. The first-order valence-electron chi connectivity index (χ1n) is 10.1. The van der Waals surface area contributed by atoms with Crippen LogP contribution in [0.1, 0.15) is 50.1 Å². The average molecular weight is 373 g/mol. The van der Waals surface area contributed by atoms with Gasteiger partial charge in [0.25, 0.3) is 0 Å². The predicted molar refractivity (Wildman–Crippen MR) is 114 cm³/mol. The van der Waals surface area contributed by atoms with Crippen LogP contribution in [0.3, 0.4) is 0 Å². The van der Waals surface area contributed by atoms with Crippen molar-refractivity contribution in [3.63, 3.8) is 0 Å². The number of aromatic nitrogens is 2. The van der Waals surface area contributed by atoms with Crippen molar-refractivity contribution in [2.75, 3.05) is 6.61 Å². The summed E-state index contributed by atoms with van der Waals surface area (Å²) in [6, 6.07) is 20.9. The van der Waals surface area contributed by atoms with E-state index in [9.17, 15) is 0 Å². The largest absolute Gasteiger partial charge is 0.374 e. The van der Waals surface area contributed by atoms with E-state index in [4.69, 9.17) is 4.74 Å². The number of nitrogens with zero attached hydrogens (tertiary/aromatic N) is 2. The molecular weight excluding hydrogens is 344 g/mol. The van der Waals surface area contributed by atoms with Gasteiger partial charge in [-0.15, -0.1) is 0 Å². The lowest BCUT2D eigenvalue weighted by molar-refractivity contribution is 0.0324. The molecule has 2 unspecified atom stereocenters. The molecule has 0 saturated carbocycles. The van der Waals surface area contributed by atoms with Crippen LogP contribution in [0, 0.1) is 5.41 Å². The Bertz CT molecular complexity index is 959. The molecule has 1 heterocycles. The molecule has 0 aliphatic heterocycles. The molecule has 0 saturated heterocycles. The fraction of sp³-hybridized carbons (Fsp3) is 0.320. The summed E-state index contributed by atoms with van der Waals surface area (Å²) in [6.45, 7) is 7.40. The van der Waals surface area contributed by atoms with E-state index in [1.807, 2.05) is 12.3 Å². The zero-order valence-corrected chi connectivity index (χ0v) is 16.9. The fourth-order valence-electron chi connectivity index (χ4n) is 4.18. The minimum absolute atomic E-state index is 0.0488. The van der Waals surface area contributed by atoms with Crippen LogP contribution in [0.2, 0.25) is 0 Å². The monoisotopic (exact) mass is 372 g/mol. The van der Waals surface area contributed by atoms with Gasteiger partial charge in [0, 0.05) is 6.61 Å². The smallest absolute Gasteiger partial charge is 0.0833 e. The van der Waals surface area contributed by atoms with Crippen LogP contribution in [-0.2, 0) is 11.2 Å². The Morgan fingerprint density at radius 1 is 1.07 bits per heavy atom. The fourth-order valence-corrected chi connectivity index (χ4v) is 4.18. The van der Waals surface area contributed by atoms with Gasteiger partial charge in [0.15, 0.2) is 0 Å². The van der Waals surface area contributed by atoms with Crippen LogP contribution in [0.4, 0.5) is 0 Å². The van der Waals surface area contributed by atoms with E-state index in [0.29, 0.717) is 0 Å². The second-order valence-corrected chi connectivity index (χ2v) is 7.93. The molecule has 0 spiro atoms. The van der Waals surface area contributed by atoms with E-state index in [1.54, 1.807) is 0 Å². The van der Waals surface area contributed by atoms with Gasteiger partial charge in [-0.1, -0.05) is 61.0 Å². The van der Waals surface area contributed by atoms with E-state index in [1.165, 1.54) is 22.4 Å². The molecule has 28 heavy (non-hydrogen) atoms. The first-order chi connectivity index (χ1) is 13.6. The Kier molecular flexibility index (Phi) is 5.19. The van der Waals surface area contributed by atoms with Crippen molar-refractivity contribution in [3.8, 4) is 5.69 Å². The molecule has 0 N–H and O–H groups in total. The lowest BCUT2D eigenvalue weighted by Crippen LogP contribution is -2.28. The average Bonchev–Trinajstić information content (AvgIpc) is 3.11. The van der Waals surface area contributed by atoms with E-state index in [2.05, 4.69) is 91.2 Å².